The van der Waals surface area contributed by atoms with E-state index >= 15 is 0 Å². The van der Waals surface area contributed by atoms with E-state index < -0.39 is 0 Å². The third kappa shape index (κ3) is 3.30. The van der Waals surface area contributed by atoms with Gasteiger partial charge < -0.3 is 0 Å². The number of nitrogens with zero attached hydrogens (tertiary/aromatic N) is 2. The molecule has 0 aliphatic heterocycles. The van der Waals surface area contributed by atoms with Crippen LogP contribution in [0.5, 0.6) is 0 Å². The van der Waals surface area contributed by atoms with Crippen LogP contribution in [0, 0.1) is 6.92 Å². The van der Waals surface area contributed by atoms with Gasteiger partial charge in [0.2, 0.25) is 0 Å². The van der Waals surface area contributed by atoms with Crippen LogP contribution in [0.4, 0.5) is 0 Å². The van der Waals surface area contributed by atoms with E-state index in [0.717, 1.165) is 30.3 Å². The average molecular weight is 318 g/mol. The van der Waals surface area contributed by atoms with Crippen LogP contribution < -0.4 is 5.56 Å². The first-order chi connectivity index (χ1) is 11.7. The minimum Gasteiger partial charge on any atom is -0.292 e. The van der Waals surface area contributed by atoms with E-state index in [0.29, 0.717) is 5.39 Å². The van der Waals surface area contributed by atoms with E-state index in [-0.39, 0.29) is 11.6 Å². The van der Waals surface area contributed by atoms with Gasteiger partial charge in [-0.2, -0.15) is 0 Å². The van der Waals surface area contributed by atoms with Crippen LogP contribution in [-0.2, 0) is 6.42 Å². The lowest BCUT2D eigenvalue weighted by molar-refractivity contribution is 0.518. The lowest BCUT2D eigenvalue weighted by Crippen LogP contribution is -2.24. The molecule has 122 valence electrons. The van der Waals surface area contributed by atoms with Crippen molar-refractivity contribution in [2.24, 2.45) is 0 Å². The van der Waals surface area contributed by atoms with Crippen molar-refractivity contribution in [3.05, 3.63) is 89.0 Å². The van der Waals surface area contributed by atoms with Gasteiger partial charge in [0.15, 0.2) is 0 Å². The van der Waals surface area contributed by atoms with E-state index in [9.17, 15) is 4.79 Å². The second-order valence-corrected chi connectivity index (χ2v) is 6.11. The fourth-order valence-electron chi connectivity index (χ4n) is 3.08. The molecular formula is C21H22N2O. The summed E-state index contributed by atoms with van der Waals surface area (Å²) in [5, 5.41) is 0.674. The van der Waals surface area contributed by atoms with Gasteiger partial charge in [-0.25, -0.2) is 4.98 Å². The number of aromatic nitrogens is 2. The number of benzene rings is 2. The molecule has 0 aliphatic rings. The Bertz CT molecular complexity index is 897. The Morgan fingerprint density at radius 3 is 2.71 bits per heavy atom. The molecule has 3 aromatic rings. The molecule has 1 heterocycles. The number of hydrogen-bond donors (Lipinski definition) is 0. The second kappa shape index (κ2) is 7.26. The topological polar surface area (TPSA) is 34.9 Å². The predicted molar refractivity (Wildman–Crippen MR) is 99.4 cm³/mol. The maximum absolute atomic E-state index is 12.8. The number of para-hydroxylation sites is 1. The van der Waals surface area contributed by atoms with Crippen LogP contribution in [-0.4, -0.2) is 9.55 Å². The minimum absolute atomic E-state index is 0.00770. The van der Waals surface area contributed by atoms with E-state index in [2.05, 4.69) is 35.8 Å². The van der Waals surface area contributed by atoms with Gasteiger partial charge >= 0.3 is 0 Å². The summed E-state index contributed by atoms with van der Waals surface area (Å²) in [4.78, 5) is 17.3. The summed E-state index contributed by atoms with van der Waals surface area (Å²) < 4.78 is 1.71. The smallest absolute Gasteiger partial charge is 0.261 e. The maximum atomic E-state index is 12.8. The van der Waals surface area contributed by atoms with E-state index in [1.807, 2.05) is 37.3 Å². The highest BCUT2D eigenvalue weighted by molar-refractivity contribution is 5.80. The van der Waals surface area contributed by atoms with Crippen LogP contribution in [0.3, 0.4) is 0 Å². The Balaban J connectivity index is 1.81. The molecule has 3 rings (SSSR count). The summed E-state index contributed by atoms with van der Waals surface area (Å²) in [5.41, 5.74) is 3.13. The number of rotatable bonds is 6. The van der Waals surface area contributed by atoms with E-state index in [1.54, 1.807) is 10.9 Å². The fourth-order valence-corrected chi connectivity index (χ4v) is 3.08. The Morgan fingerprint density at radius 1 is 1.17 bits per heavy atom. The van der Waals surface area contributed by atoms with Gasteiger partial charge in [-0.1, -0.05) is 48.5 Å². The van der Waals surface area contributed by atoms with Crippen molar-refractivity contribution in [1.29, 1.82) is 0 Å². The van der Waals surface area contributed by atoms with Crippen molar-refractivity contribution in [1.82, 2.24) is 9.55 Å². The summed E-state index contributed by atoms with van der Waals surface area (Å²) in [7, 11) is 0. The zero-order valence-corrected chi connectivity index (χ0v) is 14.0. The third-order valence-corrected chi connectivity index (χ3v) is 4.45. The largest absolute Gasteiger partial charge is 0.292 e. The molecule has 0 fully saturated rings. The van der Waals surface area contributed by atoms with Crippen LogP contribution in [0.2, 0.25) is 0 Å². The van der Waals surface area contributed by atoms with Crippen molar-refractivity contribution >= 4 is 10.9 Å². The molecule has 0 bridgehead atoms. The highest BCUT2D eigenvalue weighted by Crippen LogP contribution is 2.18. The first kappa shape index (κ1) is 16.2. The lowest BCUT2D eigenvalue weighted by atomic mass is 10.0. The zero-order valence-electron chi connectivity index (χ0n) is 14.0. The lowest BCUT2D eigenvalue weighted by Gasteiger charge is -2.16. The number of allylic oxidation sites excluding steroid dienone is 1. The number of fused-ring (bicyclic) bond motifs is 1. The molecule has 0 amide bonds. The van der Waals surface area contributed by atoms with Crippen molar-refractivity contribution in [3.8, 4) is 0 Å². The number of hydrogen-bond acceptors (Lipinski definition) is 2. The molecule has 3 heteroatoms. The van der Waals surface area contributed by atoms with Crippen LogP contribution in [0.15, 0.2) is 72.3 Å². The van der Waals surface area contributed by atoms with Crippen LogP contribution in [0.1, 0.15) is 30.0 Å². The van der Waals surface area contributed by atoms with Gasteiger partial charge in [0.25, 0.3) is 5.56 Å². The van der Waals surface area contributed by atoms with Crippen LogP contribution in [0.25, 0.3) is 10.9 Å². The van der Waals surface area contributed by atoms with Gasteiger partial charge in [0, 0.05) is 0 Å². The molecule has 2 aromatic carbocycles. The Morgan fingerprint density at radius 2 is 1.96 bits per heavy atom. The summed E-state index contributed by atoms with van der Waals surface area (Å²) in [6.45, 7) is 5.89. The summed E-state index contributed by atoms with van der Waals surface area (Å²) in [6.07, 6.45) is 6.37. The SMILES string of the molecule is C=C[C@@H](CCCc1ccccc1)n1cnc2c(C)cccc2c1=O. The summed E-state index contributed by atoms with van der Waals surface area (Å²) >= 11 is 0. The van der Waals surface area contributed by atoms with Gasteiger partial charge in [-0.05, 0) is 43.4 Å². The molecule has 0 spiro atoms. The zero-order chi connectivity index (χ0) is 16.9. The standard InChI is InChI=1S/C21H22N2O/c1-3-18(13-8-12-17-10-5-4-6-11-17)23-15-22-20-16(2)9-7-14-19(20)21(23)24/h3-7,9-11,14-15,18H,1,8,12-13H2,2H3/t18-/m0/s1. The highest BCUT2D eigenvalue weighted by atomic mass is 16.1. The van der Waals surface area contributed by atoms with Gasteiger partial charge in [0.1, 0.15) is 0 Å². The van der Waals surface area contributed by atoms with Gasteiger partial charge in [-0.3, -0.25) is 9.36 Å². The van der Waals surface area contributed by atoms with Crippen molar-refractivity contribution < 1.29 is 0 Å². The quantitative estimate of drug-likeness (QED) is 0.629. The number of aryl methyl sites for hydroxylation is 2. The predicted octanol–water partition coefficient (Wildman–Crippen LogP) is 4.45. The van der Waals surface area contributed by atoms with Crippen LogP contribution >= 0.6 is 0 Å². The molecular weight excluding hydrogens is 296 g/mol. The fraction of sp³-hybridized carbons (Fsp3) is 0.238. The highest BCUT2D eigenvalue weighted by Gasteiger charge is 2.12. The molecule has 0 saturated carbocycles. The van der Waals surface area contributed by atoms with Gasteiger partial charge in [0.05, 0.1) is 23.3 Å². The maximum Gasteiger partial charge on any atom is 0.261 e. The third-order valence-electron chi connectivity index (χ3n) is 4.45. The average Bonchev–Trinajstić information content (AvgIpc) is 2.61. The molecule has 1 aromatic heterocycles. The molecule has 24 heavy (non-hydrogen) atoms. The Hall–Kier alpha value is -2.68. The molecule has 1 atom stereocenters. The first-order valence-electron chi connectivity index (χ1n) is 8.33. The molecule has 0 unspecified atom stereocenters. The summed E-state index contributed by atoms with van der Waals surface area (Å²) in [5.74, 6) is 0. The monoisotopic (exact) mass is 318 g/mol. The van der Waals surface area contributed by atoms with Crippen molar-refractivity contribution in [2.75, 3.05) is 0 Å². The first-order valence-corrected chi connectivity index (χ1v) is 8.33. The summed E-state index contributed by atoms with van der Waals surface area (Å²) in [6, 6.07) is 16.1. The van der Waals surface area contributed by atoms with Crippen molar-refractivity contribution in [2.45, 2.75) is 32.2 Å². The molecule has 0 aliphatic carbocycles. The molecule has 0 radical (unpaired) electrons. The second-order valence-electron chi connectivity index (χ2n) is 6.11. The Kier molecular flexibility index (Phi) is 4.90. The molecule has 0 saturated heterocycles. The normalized spacial score (nSPS) is 12.2. The molecule has 0 N–H and O–H groups in total. The van der Waals surface area contributed by atoms with Gasteiger partial charge in [-0.15, -0.1) is 6.58 Å². The molecule has 3 nitrogen and oxygen atoms in total. The van der Waals surface area contributed by atoms with Crippen molar-refractivity contribution in [3.63, 3.8) is 0 Å². The van der Waals surface area contributed by atoms with E-state index in [1.165, 1.54) is 5.56 Å². The Labute approximate surface area is 142 Å². The minimum atomic E-state index is -0.0291. The van der Waals surface area contributed by atoms with E-state index in [4.69, 9.17) is 0 Å².